The Balaban J connectivity index is 1.56. The van der Waals surface area contributed by atoms with Crippen molar-refractivity contribution < 1.29 is 0 Å². The molecule has 0 atom stereocenters. The van der Waals surface area contributed by atoms with Gasteiger partial charge in [0, 0.05) is 25.7 Å². The van der Waals surface area contributed by atoms with E-state index in [0.717, 1.165) is 17.9 Å². The minimum absolute atomic E-state index is 0.583. The monoisotopic (exact) mass is 278 g/mol. The highest BCUT2D eigenvalue weighted by Crippen LogP contribution is 2.40. The summed E-state index contributed by atoms with van der Waals surface area (Å²) in [7, 11) is 0. The first kappa shape index (κ1) is 14.8. The summed E-state index contributed by atoms with van der Waals surface area (Å²) in [4.78, 5) is 2.77. The second kappa shape index (κ2) is 6.36. The molecular formula is C18H34N2. The third kappa shape index (κ3) is 4.21. The van der Waals surface area contributed by atoms with Gasteiger partial charge in [-0.1, -0.05) is 26.7 Å². The van der Waals surface area contributed by atoms with Crippen molar-refractivity contribution in [3.05, 3.63) is 0 Å². The molecule has 20 heavy (non-hydrogen) atoms. The van der Waals surface area contributed by atoms with E-state index in [1.165, 1.54) is 77.5 Å². The van der Waals surface area contributed by atoms with Crippen molar-refractivity contribution in [3.63, 3.8) is 0 Å². The van der Waals surface area contributed by atoms with Crippen molar-refractivity contribution in [2.24, 2.45) is 17.3 Å². The molecule has 0 aliphatic heterocycles. The van der Waals surface area contributed by atoms with Gasteiger partial charge in [-0.05, 0) is 62.3 Å². The molecule has 0 aromatic heterocycles. The van der Waals surface area contributed by atoms with E-state index in [2.05, 4.69) is 24.1 Å². The lowest BCUT2D eigenvalue weighted by Gasteiger charge is -2.43. The fourth-order valence-electron chi connectivity index (χ4n) is 3.86. The zero-order valence-electron chi connectivity index (χ0n) is 13.7. The molecule has 1 N–H and O–H groups in total. The first-order valence-electron chi connectivity index (χ1n) is 9.15. The highest BCUT2D eigenvalue weighted by Gasteiger charge is 2.37. The summed E-state index contributed by atoms with van der Waals surface area (Å²) in [5, 5.41) is 3.85. The summed E-state index contributed by atoms with van der Waals surface area (Å²) >= 11 is 0. The Hall–Kier alpha value is -0.0800. The lowest BCUT2D eigenvalue weighted by molar-refractivity contribution is 0.0860. The van der Waals surface area contributed by atoms with E-state index in [9.17, 15) is 0 Å². The van der Waals surface area contributed by atoms with Crippen molar-refractivity contribution in [2.75, 3.05) is 26.2 Å². The van der Waals surface area contributed by atoms with Crippen LogP contribution in [0, 0.1) is 17.3 Å². The maximum atomic E-state index is 3.85. The van der Waals surface area contributed by atoms with Crippen LogP contribution < -0.4 is 5.32 Å². The molecular weight excluding hydrogens is 244 g/mol. The van der Waals surface area contributed by atoms with Gasteiger partial charge in [0.15, 0.2) is 0 Å². The van der Waals surface area contributed by atoms with E-state index in [-0.39, 0.29) is 0 Å². The minimum atomic E-state index is 0.583. The summed E-state index contributed by atoms with van der Waals surface area (Å²) in [6, 6.07) is 0.865. The van der Waals surface area contributed by atoms with Crippen LogP contribution in [-0.2, 0) is 0 Å². The van der Waals surface area contributed by atoms with Crippen LogP contribution >= 0.6 is 0 Å². The summed E-state index contributed by atoms with van der Waals surface area (Å²) < 4.78 is 0. The Morgan fingerprint density at radius 3 is 2.30 bits per heavy atom. The van der Waals surface area contributed by atoms with Crippen LogP contribution in [0.25, 0.3) is 0 Å². The third-order valence-electron chi connectivity index (χ3n) is 5.90. The van der Waals surface area contributed by atoms with E-state index >= 15 is 0 Å². The van der Waals surface area contributed by atoms with Gasteiger partial charge in [0.05, 0.1) is 0 Å². The molecule has 0 unspecified atom stereocenters. The number of hydrogen-bond acceptors (Lipinski definition) is 2. The average molecular weight is 278 g/mol. The van der Waals surface area contributed by atoms with E-state index < -0.39 is 0 Å². The highest BCUT2D eigenvalue weighted by atomic mass is 15.1. The van der Waals surface area contributed by atoms with Crippen molar-refractivity contribution in [1.29, 1.82) is 0 Å². The Bertz CT molecular complexity index is 299. The number of hydrogen-bond donors (Lipinski definition) is 1. The number of nitrogens with zero attached hydrogens (tertiary/aromatic N) is 1. The van der Waals surface area contributed by atoms with Crippen molar-refractivity contribution >= 4 is 0 Å². The molecule has 3 saturated carbocycles. The fraction of sp³-hybridized carbons (Fsp3) is 1.00. The van der Waals surface area contributed by atoms with Crippen LogP contribution in [0.15, 0.2) is 0 Å². The molecule has 2 nitrogen and oxygen atoms in total. The minimum Gasteiger partial charge on any atom is -0.313 e. The van der Waals surface area contributed by atoms with Crippen LogP contribution in [0.3, 0.4) is 0 Å². The molecule has 3 rings (SSSR count). The van der Waals surface area contributed by atoms with Crippen molar-refractivity contribution in [3.8, 4) is 0 Å². The van der Waals surface area contributed by atoms with Crippen LogP contribution in [-0.4, -0.2) is 37.1 Å². The zero-order valence-corrected chi connectivity index (χ0v) is 13.7. The van der Waals surface area contributed by atoms with Crippen LogP contribution in [0.2, 0.25) is 0 Å². The maximum Gasteiger partial charge on any atom is 0.00684 e. The van der Waals surface area contributed by atoms with Crippen molar-refractivity contribution in [1.82, 2.24) is 10.2 Å². The van der Waals surface area contributed by atoms with Gasteiger partial charge in [-0.3, -0.25) is 0 Å². The van der Waals surface area contributed by atoms with Gasteiger partial charge >= 0.3 is 0 Å². The topological polar surface area (TPSA) is 15.3 Å². The standard InChI is InChI=1S/C18H34N2/c1-3-20(12-16-4-5-16)14-18(13-19-17-6-7-17)10-8-15(2)9-11-18/h15-17,19H,3-14H2,1-2H3. The molecule has 3 aliphatic carbocycles. The van der Waals surface area contributed by atoms with Gasteiger partial charge < -0.3 is 10.2 Å². The Labute approximate surface area is 125 Å². The zero-order chi connectivity index (χ0) is 14.0. The molecule has 0 aromatic rings. The fourth-order valence-corrected chi connectivity index (χ4v) is 3.86. The first-order chi connectivity index (χ1) is 9.69. The van der Waals surface area contributed by atoms with E-state index in [4.69, 9.17) is 0 Å². The number of nitrogens with one attached hydrogen (secondary N) is 1. The van der Waals surface area contributed by atoms with Crippen LogP contribution in [0.1, 0.15) is 65.2 Å². The predicted molar refractivity (Wildman–Crippen MR) is 85.9 cm³/mol. The predicted octanol–water partition coefficient (Wildman–Crippen LogP) is 3.67. The smallest absolute Gasteiger partial charge is 0.00684 e. The summed E-state index contributed by atoms with van der Waals surface area (Å²) in [5.74, 6) is 1.99. The largest absolute Gasteiger partial charge is 0.313 e. The lowest BCUT2D eigenvalue weighted by atomic mass is 9.70. The van der Waals surface area contributed by atoms with Gasteiger partial charge in [0.2, 0.25) is 0 Å². The molecule has 0 amide bonds. The third-order valence-corrected chi connectivity index (χ3v) is 5.90. The molecule has 0 heterocycles. The quantitative estimate of drug-likeness (QED) is 0.729. The van der Waals surface area contributed by atoms with Gasteiger partial charge in [-0.25, -0.2) is 0 Å². The molecule has 3 fully saturated rings. The normalized spacial score (nSPS) is 34.6. The maximum absolute atomic E-state index is 3.85. The van der Waals surface area contributed by atoms with E-state index in [0.29, 0.717) is 5.41 Å². The molecule has 3 aliphatic rings. The molecule has 0 spiro atoms. The Kier molecular flexibility index (Phi) is 4.72. The highest BCUT2D eigenvalue weighted by molar-refractivity contribution is 4.93. The molecule has 0 radical (unpaired) electrons. The van der Waals surface area contributed by atoms with E-state index in [1.54, 1.807) is 0 Å². The molecule has 2 heteroatoms. The average Bonchev–Trinajstić information content (AvgIpc) is 3.34. The summed E-state index contributed by atoms with van der Waals surface area (Å²) in [5.41, 5.74) is 0.583. The second-order valence-electron chi connectivity index (χ2n) is 8.11. The second-order valence-corrected chi connectivity index (χ2v) is 8.11. The summed E-state index contributed by atoms with van der Waals surface area (Å²) in [6.45, 7) is 10.1. The number of rotatable bonds is 8. The Morgan fingerprint density at radius 1 is 1.05 bits per heavy atom. The molecule has 0 aromatic carbocycles. The molecule has 116 valence electrons. The van der Waals surface area contributed by atoms with Gasteiger partial charge in [-0.2, -0.15) is 0 Å². The van der Waals surface area contributed by atoms with Crippen LogP contribution in [0.4, 0.5) is 0 Å². The van der Waals surface area contributed by atoms with Gasteiger partial charge in [-0.15, -0.1) is 0 Å². The SMILES string of the molecule is CCN(CC1CC1)CC1(CNC2CC2)CCC(C)CC1. The molecule has 0 bridgehead atoms. The van der Waals surface area contributed by atoms with E-state index in [1.807, 2.05) is 0 Å². The van der Waals surface area contributed by atoms with Crippen molar-refractivity contribution in [2.45, 2.75) is 71.3 Å². The first-order valence-corrected chi connectivity index (χ1v) is 9.15. The van der Waals surface area contributed by atoms with Gasteiger partial charge in [0.25, 0.3) is 0 Å². The summed E-state index contributed by atoms with van der Waals surface area (Å²) in [6.07, 6.45) is 11.6. The van der Waals surface area contributed by atoms with Gasteiger partial charge in [0.1, 0.15) is 0 Å². The van der Waals surface area contributed by atoms with Crippen LogP contribution in [0.5, 0.6) is 0 Å². The lowest BCUT2D eigenvalue weighted by Crippen LogP contribution is -2.47. The Morgan fingerprint density at radius 2 is 1.75 bits per heavy atom. The molecule has 0 saturated heterocycles.